The van der Waals surface area contributed by atoms with E-state index >= 15 is 0 Å². The van der Waals surface area contributed by atoms with E-state index in [0.29, 0.717) is 0 Å². The predicted molar refractivity (Wildman–Crippen MR) is 73.3 cm³/mol. The zero-order valence-corrected chi connectivity index (χ0v) is 10.9. The van der Waals surface area contributed by atoms with Crippen LogP contribution in [0.2, 0.25) is 0 Å². The summed E-state index contributed by atoms with van der Waals surface area (Å²) in [5, 5.41) is 13.1. The van der Waals surface area contributed by atoms with Crippen LogP contribution in [0.1, 0.15) is 49.8 Å². The molecule has 4 nitrogen and oxygen atoms in total. The molecule has 4 heteroatoms. The van der Waals surface area contributed by atoms with E-state index in [1.807, 2.05) is 24.3 Å². The number of hydrogen-bond acceptors (Lipinski definition) is 2. The first-order chi connectivity index (χ1) is 8.77. The van der Waals surface area contributed by atoms with Crippen LogP contribution in [0.3, 0.4) is 0 Å². The van der Waals surface area contributed by atoms with Gasteiger partial charge in [-0.25, -0.2) is 0 Å². The SMILES string of the molecule is CCCCCCc1ccc(C(O)CN=[N+]=[N-])cc1. The molecule has 0 bridgehead atoms. The number of azide groups is 1. The molecule has 18 heavy (non-hydrogen) atoms. The summed E-state index contributed by atoms with van der Waals surface area (Å²) < 4.78 is 0. The molecule has 98 valence electrons. The summed E-state index contributed by atoms with van der Waals surface area (Å²) in [5.74, 6) is 0. The van der Waals surface area contributed by atoms with Gasteiger partial charge in [0.2, 0.25) is 0 Å². The lowest BCUT2D eigenvalue weighted by molar-refractivity contribution is 0.187. The Labute approximate surface area is 108 Å². The number of hydrogen-bond donors (Lipinski definition) is 1. The minimum atomic E-state index is -0.699. The van der Waals surface area contributed by atoms with Crippen molar-refractivity contribution in [3.8, 4) is 0 Å². The van der Waals surface area contributed by atoms with Crippen molar-refractivity contribution in [1.29, 1.82) is 0 Å². The van der Waals surface area contributed by atoms with Crippen molar-refractivity contribution in [1.82, 2.24) is 0 Å². The van der Waals surface area contributed by atoms with Crippen molar-refractivity contribution in [3.63, 3.8) is 0 Å². The number of aryl methyl sites for hydroxylation is 1. The molecule has 0 spiro atoms. The van der Waals surface area contributed by atoms with Crippen molar-refractivity contribution < 1.29 is 5.11 Å². The molecule has 0 aliphatic carbocycles. The van der Waals surface area contributed by atoms with Crippen LogP contribution in [-0.4, -0.2) is 11.7 Å². The Morgan fingerprint density at radius 1 is 1.22 bits per heavy atom. The molecule has 0 saturated heterocycles. The van der Waals surface area contributed by atoms with Gasteiger partial charge in [0.15, 0.2) is 0 Å². The lowest BCUT2D eigenvalue weighted by atomic mass is 10.0. The molecule has 0 heterocycles. The minimum Gasteiger partial charge on any atom is -0.388 e. The molecule has 1 aromatic carbocycles. The standard InChI is InChI=1S/C14H21N3O/c1-2-3-4-5-6-12-7-9-13(10-8-12)14(18)11-16-17-15/h7-10,14,18H,2-6,11H2,1H3. The molecule has 0 amide bonds. The van der Waals surface area contributed by atoms with Crippen LogP contribution < -0.4 is 0 Å². The highest BCUT2D eigenvalue weighted by Crippen LogP contribution is 2.15. The first kappa shape index (κ1) is 14.6. The zero-order valence-electron chi connectivity index (χ0n) is 10.9. The second-order valence-electron chi connectivity index (χ2n) is 4.48. The number of aliphatic hydroxyl groups is 1. The summed E-state index contributed by atoms with van der Waals surface area (Å²) in [4.78, 5) is 2.64. The van der Waals surface area contributed by atoms with E-state index in [1.165, 1.54) is 31.2 Å². The Bertz CT molecular complexity index is 383. The van der Waals surface area contributed by atoms with Crippen LogP contribution >= 0.6 is 0 Å². The highest BCUT2D eigenvalue weighted by molar-refractivity contribution is 5.24. The van der Waals surface area contributed by atoms with Gasteiger partial charge in [0, 0.05) is 4.91 Å². The van der Waals surface area contributed by atoms with Crippen LogP contribution in [0.15, 0.2) is 29.4 Å². The Morgan fingerprint density at radius 2 is 1.94 bits per heavy atom. The first-order valence-electron chi connectivity index (χ1n) is 6.55. The van der Waals surface area contributed by atoms with Gasteiger partial charge in [0.25, 0.3) is 0 Å². The smallest absolute Gasteiger partial charge is 0.0846 e. The third-order valence-corrected chi connectivity index (χ3v) is 3.00. The molecule has 0 aromatic heterocycles. The first-order valence-corrected chi connectivity index (χ1v) is 6.55. The van der Waals surface area contributed by atoms with Gasteiger partial charge in [-0.15, -0.1) is 0 Å². The normalized spacial score (nSPS) is 11.9. The maximum atomic E-state index is 9.72. The maximum absolute atomic E-state index is 9.72. The van der Waals surface area contributed by atoms with Gasteiger partial charge < -0.3 is 5.11 Å². The monoisotopic (exact) mass is 247 g/mol. The van der Waals surface area contributed by atoms with Gasteiger partial charge in [-0.2, -0.15) is 0 Å². The number of unbranched alkanes of at least 4 members (excludes halogenated alkanes) is 3. The third kappa shape index (κ3) is 5.21. The van der Waals surface area contributed by atoms with E-state index < -0.39 is 6.10 Å². The quantitative estimate of drug-likeness (QED) is 0.319. The van der Waals surface area contributed by atoms with Gasteiger partial charge in [-0.05, 0) is 29.5 Å². The maximum Gasteiger partial charge on any atom is 0.0846 e. The van der Waals surface area contributed by atoms with Crippen molar-refractivity contribution in [2.75, 3.05) is 6.54 Å². The van der Waals surface area contributed by atoms with E-state index in [4.69, 9.17) is 5.53 Å². The minimum absolute atomic E-state index is 0.0896. The van der Waals surface area contributed by atoms with E-state index in [0.717, 1.165) is 12.0 Å². The summed E-state index contributed by atoms with van der Waals surface area (Å²) in [6, 6.07) is 7.90. The molecule has 0 aliphatic heterocycles. The van der Waals surface area contributed by atoms with Crippen molar-refractivity contribution in [2.24, 2.45) is 5.11 Å². The second kappa shape index (κ2) is 8.56. The second-order valence-corrected chi connectivity index (χ2v) is 4.48. The van der Waals surface area contributed by atoms with Crippen LogP contribution in [0.5, 0.6) is 0 Å². The van der Waals surface area contributed by atoms with Crippen LogP contribution in [0.4, 0.5) is 0 Å². The molecule has 0 fully saturated rings. The Hall–Kier alpha value is -1.51. The average Bonchev–Trinajstić information content (AvgIpc) is 2.41. The highest BCUT2D eigenvalue weighted by Gasteiger charge is 2.05. The molecule has 0 saturated carbocycles. The van der Waals surface area contributed by atoms with Crippen LogP contribution in [-0.2, 0) is 6.42 Å². The van der Waals surface area contributed by atoms with E-state index in [-0.39, 0.29) is 6.54 Å². The fourth-order valence-corrected chi connectivity index (χ4v) is 1.88. The zero-order chi connectivity index (χ0) is 13.2. The molecule has 1 N–H and O–H groups in total. The highest BCUT2D eigenvalue weighted by atomic mass is 16.3. The van der Waals surface area contributed by atoms with E-state index in [2.05, 4.69) is 16.9 Å². The lowest BCUT2D eigenvalue weighted by Gasteiger charge is -2.08. The molecule has 1 unspecified atom stereocenters. The third-order valence-electron chi connectivity index (χ3n) is 3.00. The van der Waals surface area contributed by atoms with Crippen molar-refractivity contribution in [3.05, 3.63) is 45.8 Å². The van der Waals surface area contributed by atoms with Crippen molar-refractivity contribution >= 4 is 0 Å². The van der Waals surface area contributed by atoms with Gasteiger partial charge in [-0.1, -0.05) is 55.6 Å². The fraction of sp³-hybridized carbons (Fsp3) is 0.571. The summed E-state index contributed by atoms with van der Waals surface area (Å²) in [6.45, 7) is 2.30. The fourth-order valence-electron chi connectivity index (χ4n) is 1.88. The molecule has 1 aromatic rings. The predicted octanol–water partition coefficient (Wildman–Crippen LogP) is 4.15. The Morgan fingerprint density at radius 3 is 2.56 bits per heavy atom. The molecular weight excluding hydrogens is 226 g/mol. The molecule has 1 rings (SSSR count). The van der Waals surface area contributed by atoms with E-state index in [9.17, 15) is 5.11 Å². The van der Waals surface area contributed by atoms with Crippen LogP contribution in [0.25, 0.3) is 10.4 Å². The summed E-state index contributed by atoms with van der Waals surface area (Å²) in [7, 11) is 0. The van der Waals surface area contributed by atoms with Gasteiger partial charge in [0.1, 0.15) is 0 Å². The summed E-state index contributed by atoms with van der Waals surface area (Å²) in [5.41, 5.74) is 10.3. The number of benzene rings is 1. The molecule has 0 radical (unpaired) electrons. The van der Waals surface area contributed by atoms with Gasteiger partial charge >= 0.3 is 0 Å². The van der Waals surface area contributed by atoms with Crippen molar-refractivity contribution in [2.45, 2.75) is 45.1 Å². The largest absolute Gasteiger partial charge is 0.388 e. The molecular formula is C14H21N3O. The summed E-state index contributed by atoms with van der Waals surface area (Å²) >= 11 is 0. The van der Waals surface area contributed by atoms with E-state index in [1.54, 1.807) is 0 Å². The Kier molecular flexibility index (Phi) is 6.92. The van der Waals surface area contributed by atoms with Gasteiger partial charge in [0.05, 0.1) is 12.6 Å². The summed E-state index contributed by atoms with van der Waals surface area (Å²) in [6.07, 6.45) is 5.43. The Balaban J connectivity index is 2.44. The number of nitrogens with zero attached hydrogens (tertiary/aromatic N) is 3. The molecule has 1 atom stereocenters. The topological polar surface area (TPSA) is 69.0 Å². The number of rotatable bonds is 8. The lowest BCUT2D eigenvalue weighted by Crippen LogP contribution is -2.00. The molecule has 0 aliphatic rings. The van der Waals surface area contributed by atoms with Gasteiger partial charge in [-0.3, -0.25) is 0 Å². The number of aliphatic hydroxyl groups excluding tert-OH is 1. The average molecular weight is 247 g/mol. The van der Waals surface area contributed by atoms with Crippen LogP contribution in [0, 0.1) is 0 Å².